The Morgan fingerprint density at radius 2 is 1.79 bits per heavy atom. The summed E-state index contributed by atoms with van der Waals surface area (Å²) in [6, 6.07) is 1.63. The number of carbonyl (C=O) groups is 1. The third-order valence-corrected chi connectivity index (χ3v) is 3.28. The van der Waals surface area contributed by atoms with Gasteiger partial charge in [0.05, 0.1) is 20.7 Å². The minimum Gasteiger partial charge on any atom is -0.372 e. The molecule has 1 N–H and O–H groups in total. The molecule has 1 rings (SSSR count). The Morgan fingerprint density at radius 3 is 2.11 bits per heavy atom. The van der Waals surface area contributed by atoms with E-state index in [1.54, 1.807) is 13.8 Å². The predicted octanol–water partition coefficient (Wildman–Crippen LogP) is 4.10. The van der Waals surface area contributed by atoms with E-state index in [0.29, 0.717) is 0 Å². The van der Waals surface area contributed by atoms with Crippen LogP contribution >= 0.6 is 34.8 Å². The van der Waals surface area contributed by atoms with E-state index in [9.17, 15) is 14.9 Å². The lowest BCUT2D eigenvalue weighted by Gasteiger charge is -2.21. The topological polar surface area (TPSA) is 72.2 Å². The highest BCUT2D eigenvalue weighted by atomic mass is 35.5. The van der Waals surface area contributed by atoms with Crippen LogP contribution in [-0.2, 0) is 4.79 Å². The van der Waals surface area contributed by atoms with Crippen LogP contribution < -0.4 is 5.32 Å². The lowest BCUT2D eigenvalue weighted by atomic mass is 10.1. The number of hydrogen-bond acceptors (Lipinski definition) is 4. The number of nitro groups is 1. The lowest BCUT2D eigenvalue weighted by Crippen LogP contribution is -2.31. The second-order valence-electron chi connectivity index (χ2n) is 4.21. The maximum Gasteiger partial charge on any atom is 0.272 e. The van der Waals surface area contributed by atoms with E-state index in [2.05, 4.69) is 5.32 Å². The first-order valence-electron chi connectivity index (χ1n) is 5.33. The van der Waals surface area contributed by atoms with Crippen LogP contribution in [0.2, 0.25) is 10.0 Å². The first kappa shape index (κ1) is 16.0. The standard InChI is InChI=1S/C11H11Cl3N2O3/c1-5(2)9(11(14)17)15-10-7(12)3-6(16(18)19)4-8(10)13/h3-5,9,15H,1-2H3. The Kier molecular flexibility index (Phi) is 5.40. The predicted molar refractivity (Wildman–Crippen MR) is 76.2 cm³/mol. The van der Waals surface area contributed by atoms with Crippen LogP contribution in [0.25, 0.3) is 0 Å². The van der Waals surface area contributed by atoms with E-state index in [-0.39, 0.29) is 27.3 Å². The minimum atomic E-state index is -0.682. The van der Waals surface area contributed by atoms with Crippen LogP contribution in [0.4, 0.5) is 11.4 Å². The van der Waals surface area contributed by atoms with E-state index in [0.717, 1.165) is 12.1 Å². The molecule has 0 aliphatic rings. The third kappa shape index (κ3) is 3.96. The Bertz CT molecular complexity index is 497. The number of nitrogens with one attached hydrogen (secondary N) is 1. The molecule has 1 atom stereocenters. The number of rotatable bonds is 5. The fourth-order valence-electron chi connectivity index (χ4n) is 1.44. The molecule has 0 amide bonds. The van der Waals surface area contributed by atoms with Crippen LogP contribution in [0.5, 0.6) is 0 Å². The van der Waals surface area contributed by atoms with Crippen LogP contribution in [-0.4, -0.2) is 16.2 Å². The molecule has 0 fully saturated rings. The van der Waals surface area contributed by atoms with Gasteiger partial charge in [0.15, 0.2) is 0 Å². The summed E-state index contributed by atoms with van der Waals surface area (Å²) >= 11 is 17.3. The minimum absolute atomic E-state index is 0.0581. The van der Waals surface area contributed by atoms with Crippen molar-refractivity contribution in [3.8, 4) is 0 Å². The van der Waals surface area contributed by atoms with Gasteiger partial charge >= 0.3 is 0 Å². The van der Waals surface area contributed by atoms with Crippen LogP contribution in [0.15, 0.2) is 12.1 Å². The Balaban J connectivity index is 3.14. The SMILES string of the molecule is CC(C)C(Nc1c(Cl)cc([N+](=O)[O-])cc1Cl)C(=O)Cl. The first-order chi connectivity index (χ1) is 8.73. The monoisotopic (exact) mass is 324 g/mol. The number of halogens is 3. The van der Waals surface area contributed by atoms with Gasteiger partial charge in [0.25, 0.3) is 5.69 Å². The fourth-order valence-corrected chi connectivity index (χ4v) is 2.34. The van der Waals surface area contributed by atoms with Crippen LogP contribution in [0, 0.1) is 16.0 Å². The van der Waals surface area contributed by atoms with Crippen LogP contribution in [0.1, 0.15) is 13.8 Å². The van der Waals surface area contributed by atoms with Crippen LogP contribution in [0.3, 0.4) is 0 Å². The summed E-state index contributed by atoms with van der Waals surface area (Å²) in [7, 11) is 0. The van der Waals surface area contributed by atoms with Gasteiger partial charge in [-0.25, -0.2) is 0 Å². The Hall–Kier alpha value is -1.04. The molecule has 19 heavy (non-hydrogen) atoms. The summed E-state index contributed by atoms with van der Waals surface area (Å²) in [5.74, 6) is -0.0904. The second-order valence-corrected chi connectivity index (χ2v) is 5.40. The normalized spacial score (nSPS) is 12.3. The van der Waals surface area contributed by atoms with Crippen molar-refractivity contribution in [3.05, 3.63) is 32.3 Å². The van der Waals surface area contributed by atoms with Gasteiger partial charge in [-0.15, -0.1) is 0 Å². The Morgan fingerprint density at radius 1 is 1.32 bits per heavy atom. The zero-order chi connectivity index (χ0) is 14.7. The van der Waals surface area contributed by atoms with E-state index in [1.807, 2.05) is 0 Å². The molecule has 0 spiro atoms. The molecule has 1 aromatic carbocycles. The van der Waals surface area contributed by atoms with Crippen molar-refractivity contribution in [2.45, 2.75) is 19.9 Å². The first-order valence-corrected chi connectivity index (χ1v) is 6.46. The number of benzene rings is 1. The quantitative estimate of drug-likeness (QED) is 0.502. The molecule has 0 aromatic heterocycles. The second kappa shape index (κ2) is 6.41. The maximum absolute atomic E-state index is 11.3. The van der Waals surface area contributed by atoms with Gasteiger partial charge in [-0.05, 0) is 17.5 Å². The molecule has 0 saturated carbocycles. The average Bonchev–Trinajstić information content (AvgIpc) is 2.26. The fraction of sp³-hybridized carbons (Fsp3) is 0.364. The summed E-state index contributed by atoms with van der Waals surface area (Å²) in [4.78, 5) is 21.3. The largest absolute Gasteiger partial charge is 0.372 e. The van der Waals surface area contributed by atoms with Gasteiger partial charge in [-0.1, -0.05) is 37.0 Å². The van der Waals surface area contributed by atoms with E-state index in [1.165, 1.54) is 0 Å². The van der Waals surface area contributed by atoms with E-state index in [4.69, 9.17) is 34.8 Å². The van der Waals surface area contributed by atoms with Gasteiger partial charge in [-0.3, -0.25) is 14.9 Å². The summed E-state index contributed by atoms with van der Waals surface area (Å²) in [6.07, 6.45) is 0. The number of hydrogen-bond donors (Lipinski definition) is 1. The highest BCUT2D eigenvalue weighted by Crippen LogP contribution is 2.35. The lowest BCUT2D eigenvalue weighted by molar-refractivity contribution is -0.384. The molecule has 5 nitrogen and oxygen atoms in total. The molecule has 0 heterocycles. The molecule has 104 valence electrons. The van der Waals surface area contributed by atoms with Gasteiger partial charge in [-0.2, -0.15) is 0 Å². The molecule has 0 saturated heterocycles. The number of non-ortho nitro benzene ring substituents is 1. The van der Waals surface area contributed by atoms with Crippen molar-refractivity contribution in [1.82, 2.24) is 0 Å². The van der Waals surface area contributed by atoms with Crippen molar-refractivity contribution in [2.24, 2.45) is 5.92 Å². The summed E-state index contributed by atoms with van der Waals surface area (Å²) in [6.45, 7) is 3.59. The van der Waals surface area contributed by atoms with E-state index < -0.39 is 16.2 Å². The molecule has 1 unspecified atom stereocenters. The number of anilines is 1. The summed E-state index contributed by atoms with van der Waals surface area (Å²) in [5.41, 5.74) is 0.0282. The zero-order valence-electron chi connectivity index (χ0n) is 10.1. The van der Waals surface area contributed by atoms with Crippen molar-refractivity contribution in [1.29, 1.82) is 0 Å². The average molecular weight is 326 g/mol. The van der Waals surface area contributed by atoms with Crippen molar-refractivity contribution < 1.29 is 9.72 Å². The zero-order valence-corrected chi connectivity index (χ0v) is 12.4. The molecular weight excluding hydrogens is 314 g/mol. The van der Waals surface area contributed by atoms with Gasteiger partial charge in [0.1, 0.15) is 6.04 Å². The molecular formula is C11H11Cl3N2O3. The molecule has 0 radical (unpaired) electrons. The Labute approximate surface area is 125 Å². The highest BCUT2D eigenvalue weighted by Gasteiger charge is 2.23. The van der Waals surface area contributed by atoms with Crippen molar-refractivity contribution >= 4 is 51.4 Å². The number of nitro benzene ring substituents is 1. The van der Waals surface area contributed by atoms with Crippen molar-refractivity contribution in [3.63, 3.8) is 0 Å². The van der Waals surface area contributed by atoms with E-state index >= 15 is 0 Å². The number of carbonyl (C=O) groups excluding carboxylic acids is 1. The molecule has 0 aliphatic heterocycles. The molecule has 0 bridgehead atoms. The maximum atomic E-state index is 11.3. The molecule has 1 aromatic rings. The third-order valence-electron chi connectivity index (χ3n) is 2.45. The van der Waals surface area contributed by atoms with Gasteiger partial charge in [0, 0.05) is 12.1 Å². The number of nitrogens with zero attached hydrogens (tertiary/aromatic N) is 1. The van der Waals surface area contributed by atoms with Gasteiger partial charge in [0.2, 0.25) is 5.24 Å². The van der Waals surface area contributed by atoms with Crippen molar-refractivity contribution in [2.75, 3.05) is 5.32 Å². The molecule has 8 heteroatoms. The highest BCUT2D eigenvalue weighted by molar-refractivity contribution is 6.65. The smallest absolute Gasteiger partial charge is 0.272 e. The summed E-state index contributed by atoms with van der Waals surface area (Å²) < 4.78 is 0. The molecule has 0 aliphatic carbocycles. The summed E-state index contributed by atoms with van der Waals surface area (Å²) in [5, 5.41) is 13.0. The van der Waals surface area contributed by atoms with Gasteiger partial charge < -0.3 is 5.32 Å².